The van der Waals surface area contributed by atoms with Gasteiger partial charge in [0.25, 0.3) is 0 Å². The van der Waals surface area contributed by atoms with Crippen LogP contribution in [0.3, 0.4) is 0 Å². The third kappa shape index (κ3) is 2.92. The summed E-state index contributed by atoms with van der Waals surface area (Å²) in [6.07, 6.45) is 1.73. The Morgan fingerprint density at radius 3 is 2.67 bits per heavy atom. The minimum atomic E-state index is -0.226. The predicted molar refractivity (Wildman–Crippen MR) is 82.8 cm³/mol. The third-order valence-corrected chi connectivity index (χ3v) is 3.98. The van der Waals surface area contributed by atoms with Crippen molar-refractivity contribution in [3.05, 3.63) is 64.7 Å². The molecular weight excluding hydrogens is 285 g/mol. The lowest BCUT2D eigenvalue weighted by atomic mass is 10.2. The maximum atomic E-state index is 13.0. The number of nitrogens with zero attached hydrogens (tertiary/aromatic N) is 3. The summed E-state index contributed by atoms with van der Waals surface area (Å²) in [5.41, 5.74) is 2.02. The zero-order valence-corrected chi connectivity index (χ0v) is 12.3. The highest BCUT2D eigenvalue weighted by atomic mass is 32.1. The van der Waals surface area contributed by atoms with E-state index in [-0.39, 0.29) is 5.82 Å². The highest BCUT2D eigenvalue weighted by Gasteiger charge is 2.07. The van der Waals surface area contributed by atoms with Crippen molar-refractivity contribution in [2.24, 2.45) is 4.99 Å². The Balaban J connectivity index is 2.09. The fraction of sp³-hybridized carbons (Fsp3) is 0.125. The topological polar surface area (TPSA) is 30.2 Å². The summed E-state index contributed by atoms with van der Waals surface area (Å²) in [6, 6.07) is 12.2. The van der Waals surface area contributed by atoms with Crippen molar-refractivity contribution in [3.63, 3.8) is 0 Å². The number of thiazole rings is 1. The van der Waals surface area contributed by atoms with E-state index < -0.39 is 0 Å². The predicted octanol–water partition coefficient (Wildman–Crippen LogP) is 4.00. The van der Waals surface area contributed by atoms with Crippen LogP contribution in [0.2, 0.25) is 0 Å². The van der Waals surface area contributed by atoms with Gasteiger partial charge in [0, 0.05) is 18.1 Å². The average Bonchev–Trinajstić information content (AvgIpc) is 2.92. The van der Waals surface area contributed by atoms with Crippen LogP contribution in [0.25, 0.3) is 11.3 Å². The average molecular weight is 299 g/mol. The number of hydrogen-bond donors (Lipinski definition) is 0. The molecule has 0 atom stereocenters. The molecule has 0 bridgehead atoms. The molecule has 2 aromatic heterocycles. The Morgan fingerprint density at radius 1 is 1.19 bits per heavy atom. The lowest BCUT2D eigenvalue weighted by molar-refractivity contribution is 0.628. The maximum absolute atomic E-state index is 13.0. The van der Waals surface area contributed by atoms with Crippen LogP contribution in [0.4, 0.5) is 10.2 Å². The van der Waals surface area contributed by atoms with E-state index in [1.54, 1.807) is 29.7 Å². The van der Waals surface area contributed by atoms with Gasteiger partial charge in [-0.25, -0.2) is 14.4 Å². The van der Waals surface area contributed by atoms with Crippen molar-refractivity contribution >= 4 is 17.2 Å². The number of halogens is 1. The second-order valence-electron chi connectivity index (χ2n) is 4.45. The summed E-state index contributed by atoms with van der Waals surface area (Å²) in [7, 11) is 0. The molecule has 3 aromatic rings. The first kappa shape index (κ1) is 13.7. The van der Waals surface area contributed by atoms with Gasteiger partial charge in [-0.15, -0.1) is 11.3 Å². The van der Waals surface area contributed by atoms with Crippen LogP contribution in [-0.4, -0.2) is 9.55 Å². The molecule has 0 unspecified atom stereocenters. The molecule has 0 amide bonds. The van der Waals surface area contributed by atoms with Gasteiger partial charge in [-0.2, -0.15) is 0 Å². The summed E-state index contributed by atoms with van der Waals surface area (Å²) in [5.74, 6) is 0.461. The van der Waals surface area contributed by atoms with E-state index in [9.17, 15) is 4.39 Å². The quantitative estimate of drug-likeness (QED) is 0.719. The van der Waals surface area contributed by atoms with Crippen molar-refractivity contribution in [2.45, 2.75) is 13.5 Å². The molecule has 1 aromatic carbocycles. The molecule has 21 heavy (non-hydrogen) atoms. The molecule has 3 nitrogen and oxygen atoms in total. The molecule has 0 fully saturated rings. The monoisotopic (exact) mass is 299 g/mol. The van der Waals surface area contributed by atoms with Crippen molar-refractivity contribution in [1.29, 1.82) is 0 Å². The molecule has 0 N–H and O–H groups in total. The molecule has 5 heteroatoms. The van der Waals surface area contributed by atoms with Gasteiger partial charge >= 0.3 is 0 Å². The van der Waals surface area contributed by atoms with Crippen LogP contribution in [0.1, 0.15) is 6.92 Å². The Bertz CT molecular complexity index is 788. The molecule has 0 aliphatic carbocycles. The van der Waals surface area contributed by atoms with Crippen LogP contribution in [0, 0.1) is 5.82 Å². The molecule has 106 valence electrons. The zero-order chi connectivity index (χ0) is 14.7. The number of pyridine rings is 1. The first-order chi connectivity index (χ1) is 10.3. The summed E-state index contributed by atoms with van der Waals surface area (Å²) >= 11 is 1.56. The Hall–Kier alpha value is -2.27. The molecule has 0 saturated carbocycles. The first-order valence-corrected chi connectivity index (χ1v) is 7.56. The van der Waals surface area contributed by atoms with E-state index in [0.29, 0.717) is 5.82 Å². The lowest BCUT2D eigenvalue weighted by Crippen LogP contribution is -2.14. The minimum absolute atomic E-state index is 0.226. The second kappa shape index (κ2) is 6.01. The first-order valence-electron chi connectivity index (χ1n) is 6.68. The smallest absolute Gasteiger partial charge is 0.191 e. The molecule has 0 saturated heterocycles. The van der Waals surface area contributed by atoms with Crippen LogP contribution in [-0.2, 0) is 6.54 Å². The van der Waals surface area contributed by atoms with Gasteiger partial charge in [0.2, 0.25) is 0 Å². The van der Waals surface area contributed by atoms with Gasteiger partial charge in [0.05, 0.1) is 5.69 Å². The van der Waals surface area contributed by atoms with Gasteiger partial charge in [-0.3, -0.25) is 0 Å². The van der Waals surface area contributed by atoms with Gasteiger partial charge in [-0.1, -0.05) is 6.07 Å². The van der Waals surface area contributed by atoms with Gasteiger partial charge in [-0.05, 0) is 48.9 Å². The summed E-state index contributed by atoms with van der Waals surface area (Å²) in [5, 5.41) is 2.04. The maximum Gasteiger partial charge on any atom is 0.191 e. The van der Waals surface area contributed by atoms with E-state index in [1.165, 1.54) is 12.1 Å². The minimum Gasteiger partial charge on any atom is -0.317 e. The van der Waals surface area contributed by atoms with E-state index in [4.69, 9.17) is 0 Å². The molecule has 0 spiro atoms. The zero-order valence-electron chi connectivity index (χ0n) is 11.5. The number of hydrogen-bond acceptors (Lipinski definition) is 3. The van der Waals surface area contributed by atoms with E-state index in [2.05, 4.69) is 21.5 Å². The van der Waals surface area contributed by atoms with Crippen molar-refractivity contribution in [2.75, 3.05) is 0 Å². The van der Waals surface area contributed by atoms with Crippen LogP contribution < -0.4 is 4.80 Å². The fourth-order valence-electron chi connectivity index (χ4n) is 2.09. The Morgan fingerprint density at radius 2 is 2.00 bits per heavy atom. The molecule has 0 radical (unpaired) electrons. The summed E-state index contributed by atoms with van der Waals surface area (Å²) in [6.45, 7) is 2.86. The van der Waals surface area contributed by atoms with E-state index in [0.717, 1.165) is 22.6 Å². The standard InChI is InChI=1S/C16H14FN3S/c1-2-20-14(12-6-8-13(17)9-7-12)11-21-16(20)19-15-5-3-4-10-18-15/h3-11H,2H2,1H3. The Labute approximate surface area is 126 Å². The SMILES string of the molecule is CCn1c(-c2ccc(F)cc2)csc1=Nc1ccccn1. The van der Waals surface area contributed by atoms with Crippen LogP contribution >= 0.6 is 11.3 Å². The lowest BCUT2D eigenvalue weighted by Gasteiger charge is -2.05. The van der Waals surface area contributed by atoms with Crippen LogP contribution in [0.15, 0.2) is 59.0 Å². The second-order valence-corrected chi connectivity index (χ2v) is 5.29. The van der Waals surface area contributed by atoms with Crippen molar-refractivity contribution in [3.8, 4) is 11.3 Å². The summed E-state index contributed by atoms with van der Waals surface area (Å²) in [4.78, 5) is 9.68. The third-order valence-electron chi connectivity index (χ3n) is 3.11. The Kier molecular flexibility index (Phi) is 3.92. The highest BCUT2D eigenvalue weighted by Crippen LogP contribution is 2.20. The normalized spacial score (nSPS) is 11.8. The summed E-state index contributed by atoms with van der Waals surface area (Å²) < 4.78 is 15.2. The molecule has 2 heterocycles. The van der Waals surface area contributed by atoms with Gasteiger partial charge < -0.3 is 4.57 Å². The molecular formula is C16H14FN3S. The van der Waals surface area contributed by atoms with Crippen molar-refractivity contribution in [1.82, 2.24) is 9.55 Å². The molecule has 0 aliphatic heterocycles. The van der Waals surface area contributed by atoms with Crippen molar-refractivity contribution < 1.29 is 4.39 Å². The largest absolute Gasteiger partial charge is 0.317 e. The van der Waals surface area contributed by atoms with E-state index in [1.807, 2.05) is 23.6 Å². The highest BCUT2D eigenvalue weighted by molar-refractivity contribution is 7.07. The number of benzene rings is 1. The van der Waals surface area contributed by atoms with E-state index >= 15 is 0 Å². The molecule has 0 aliphatic rings. The van der Waals surface area contributed by atoms with Gasteiger partial charge in [0.1, 0.15) is 5.82 Å². The number of aromatic nitrogens is 2. The van der Waals surface area contributed by atoms with Gasteiger partial charge in [0.15, 0.2) is 10.6 Å². The van der Waals surface area contributed by atoms with Crippen LogP contribution in [0.5, 0.6) is 0 Å². The molecule has 3 rings (SSSR count). The number of rotatable bonds is 3. The fourth-order valence-corrected chi connectivity index (χ4v) is 3.07.